The van der Waals surface area contributed by atoms with Gasteiger partial charge >= 0.3 is 0 Å². The highest BCUT2D eigenvalue weighted by Crippen LogP contribution is 2.35. The van der Waals surface area contributed by atoms with E-state index < -0.39 is 11.8 Å². The number of thiocarbonyl (C=S) groups is 1. The Morgan fingerprint density at radius 3 is 2.69 bits per heavy atom. The second-order valence-corrected chi connectivity index (χ2v) is 7.89. The summed E-state index contributed by atoms with van der Waals surface area (Å²) < 4.78 is 11.8. The molecule has 2 amide bonds. The Morgan fingerprint density at radius 1 is 1.28 bits per heavy atom. The van der Waals surface area contributed by atoms with Crippen molar-refractivity contribution in [2.24, 2.45) is 0 Å². The molecule has 1 aliphatic rings. The number of halogens is 2. The van der Waals surface area contributed by atoms with Crippen molar-refractivity contribution in [1.82, 2.24) is 5.32 Å². The van der Waals surface area contributed by atoms with Crippen LogP contribution in [0.4, 0.5) is 5.69 Å². The summed E-state index contributed by atoms with van der Waals surface area (Å²) in [5.41, 5.74) is 1.04. The van der Waals surface area contributed by atoms with Crippen molar-refractivity contribution in [2.45, 2.75) is 6.92 Å². The fourth-order valence-electron chi connectivity index (χ4n) is 2.81. The molecule has 0 aliphatic carbocycles. The lowest BCUT2D eigenvalue weighted by Crippen LogP contribution is -2.54. The van der Waals surface area contributed by atoms with E-state index >= 15 is 0 Å². The number of carbonyl (C=O) groups excluding carboxylic acids is 2. The van der Waals surface area contributed by atoms with Crippen molar-refractivity contribution >= 4 is 75.1 Å². The fraction of sp³-hybridized carbons (Fsp3) is 0.150. The van der Waals surface area contributed by atoms with Crippen LogP contribution < -0.4 is 19.7 Å². The van der Waals surface area contributed by atoms with Crippen LogP contribution in [0, 0.1) is 3.57 Å². The Labute approximate surface area is 191 Å². The first kappa shape index (κ1) is 21.5. The lowest BCUT2D eigenvalue weighted by atomic mass is 10.1. The highest BCUT2D eigenvalue weighted by Gasteiger charge is 2.34. The van der Waals surface area contributed by atoms with Gasteiger partial charge in [0.15, 0.2) is 16.6 Å². The molecule has 1 heterocycles. The number of rotatable bonds is 5. The number of hydrogen-bond acceptors (Lipinski definition) is 5. The molecule has 0 radical (unpaired) electrons. The molecule has 6 nitrogen and oxygen atoms in total. The Hall–Kier alpha value is -2.17. The lowest BCUT2D eigenvalue weighted by Gasteiger charge is -2.29. The average Bonchev–Trinajstić information content (AvgIpc) is 2.65. The first-order valence-corrected chi connectivity index (χ1v) is 10.4. The van der Waals surface area contributed by atoms with Crippen LogP contribution in [0.25, 0.3) is 6.08 Å². The maximum atomic E-state index is 13.1. The number of methoxy groups -OCH3 is 1. The van der Waals surface area contributed by atoms with Gasteiger partial charge < -0.3 is 9.47 Å². The monoisotopic (exact) mass is 542 g/mol. The molecule has 0 unspecified atom stereocenters. The molecule has 2 aromatic carbocycles. The summed E-state index contributed by atoms with van der Waals surface area (Å²) in [6.45, 7) is 2.31. The standard InChI is InChI=1S/C20H16ClIN2O4S/c1-3-28-16-9-11(8-15(22)17(16)27-2)7-14-18(25)23-20(29)24(19(14)26)13-6-4-5-12(21)10-13/h4-10H,3H2,1-2H3,(H,23,25,29)/b14-7+. The molecule has 29 heavy (non-hydrogen) atoms. The van der Waals surface area contributed by atoms with Crippen LogP contribution in [0.15, 0.2) is 42.0 Å². The minimum absolute atomic E-state index is 0.00117. The molecule has 0 atom stereocenters. The van der Waals surface area contributed by atoms with Crippen molar-refractivity contribution in [3.05, 3.63) is 56.1 Å². The second-order valence-electron chi connectivity index (χ2n) is 5.90. The molecule has 1 saturated heterocycles. The van der Waals surface area contributed by atoms with E-state index in [9.17, 15) is 9.59 Å². The molecule has 150 valence electrons. The zero-order chi connectivity index (χ0) is 21.1. The number of benzene rings is 2. The average molecular weight is 543 g/mol. The zero-order valence-corrected chi connectivity index (χ0v) is 19.2. The molecule has 1 fully saturated rings. The predicted octanol–water partition coefficient (Wildman–Crippen LogP) is 4.18. The van der Waals surface area contributed by atoms with Gasteiger partial charge in [0.2, 0.25) is 0 Å². The minimum Gasteiger partial charge on any atom is -0.492 e. The second kappa shape index (κ2) is 9.10. The van der Waals surface area contributed by atoms with Gasteiger partial charge in [-0.15, -0.1) is 0 Å². The quantitative estimate of drug-likeness (QED) is 0.266. The maximum absolute atomic E-state index is 13.1. The summed E-state index contributed by atoms with van der Waals surface area (Å²) in [6.07, 6.45) is 1.50. The van der Waals surface area contributed by atoms with Gasteiger partial charge in [0, 0.05) is 5.02 Å². The maximum Gasteiger partial charge on any atom is 0.270 e. The predicted molar refractivity (Wildman–Crippen MR) is 125 cm³/mol. The van der Waals surface area contributed by atoms with Crippen molar-refractivity contribution in [3.63, 3.8) is 0 Å². The van der Waals surface area contributed by atoms with Crippen LogP contribution in [0.2, 0.25) is 5.02 Å². The molecule has 0 bridgehead atoms. The van der Waals surface area contributed by atoms with Crippen molar-refractivity contribution in [2.75, 3.05) is 18.6 Å². The van der Waals surface area contributed by atoms with E-state index in [-0.39, 0.29) is 10.7 Å². The third-order valence-corrected chi connectivity index (χ3v) is 5.34. The molecule has 0 aromatic heterocycles. The molecule has 0 spiro atoms. The van der Waals surface area contributed by atoms with Crippen LogP contribution in [0.3, 0.4) is 0 Å². The molecule has 0 saturated carbocycles. The van der Waals surface area contributed by atoms with Gasteiger partial charge in [0.25, 0.3) is 11.8 Å². The summed E-state index contributed by atoms with van der Waals surface area (Å²) in [6, 6.07) is 10.2. The highest BCUT2D eigenvalue weighted by molar-refractivity contribution is 14.1. The Kier molecular flexibility index (Phi) is 6.76. The molecule has 1 N–H and O–H groups in total. The Balaban J connectivity index is 2.05. The Morgan fingerprint density at radius 2 is 2.03 bits per heavy atom. The molecule has 3 rings (SSSR count). The van der Waals surface area contributed by atoms with E-state index in [4.69, 9.17) is 33.3 Å². The van der Waals surface area contributed by atoms with Crippen LogP contribution in [0.5, 0.6) is 11.5 Å². The number of hydrogen-bond donors (Lipinski definition) is 1. The van der Waals surface area contributed by atoms with Gasteiger partial charge in [-0.25, -0.2) is 0 Å². The third-order valence-electron chi connectivity index (χ3n) is 4.01. The third kappa shape index (κ3) is 4.54. The van der Waals surface area contributed by atoms with Gasteiger partial charge in [-0.05, 0) is 83.7 Å². The number of amides is 2. The van der Waals surface area contributed by atoms with Gasteiger partial charge in [-0.2, -0.15) is 0 Å². The lowest BCUT2D eigenvalue weighted by molar-refractivity contribution is -0.122. The number of nitrogens with zero attached hydrogens (tertiary/aromatic N) is 1. The zero-order valence-electron chi connectivity index (χ0n) is 15.5. The summed E-state index contributed by atoms with van der Waals surface area (Å²) in [5, 5.41) is 3.00. The molecular weight excluding hydrogens is 527 g/mol. The Bertz CT molecular complexity index is 1040. The van der Waals surface area contributed by atoms with E-state index in [2.05, 4.69) is 27.9 Å². The number of nitrogens with one attached hydrogen (secondary N) is 1. The van der Waals surface area contributed by atoms with Crippen LogP contribution >= 0.6 is 46.4 Å². The summed E-state index contributed by atoms with van der Waals surface area (Å²) in [7, 11) is 1.56. The van der Waals surface area contributed by atoms with E-state index in [1.54, 1.807) is 43.5 Å². The fourth-order valence-corrected chi connectivity index (χ4v) is 4.12. The first-order valence-electron chi connectivity index (χ1n) is 8.53. The largest absolute Gasteiger partial charge is 0.492 e. The van der Waals surface area contributed by atoms with Crippen molar-refractivity contribution in [3.8, 4) is 11.5 Å². The summed E-state index contributed by atoms with van der Waals surface area (Å²) in [4.78, 5) is 26.8. The molecule has 9 heteroatoms. The SMILES string of the molecule is CCOc1cc(/C=C2\C(=O)NC(=S)N(c3cccc(Cl)c3)C2=O)cc(I)c1OC. The topological polar surface area (TPSA) is 67.9 Å². The van der Waals surface area contributed by atoms with E-state index in [0.717, 1.165) is 3.57 Å². The summed E-state index contributed by atoms with van der Waals surface area (Å²) in [5.74, 6) is 0.0160. The van der Waals surface area contributed by atoms with E-state index in [1.807, 2.05) is 6.92 Å². The van der Waals surface area contributed by atoms with Crippen LogP contribution in [-0.2, 0) is 9.59 Å². The summed E-state index contributed by atoms with van der Waals surface area (Å²) >= 11 is 13.3. The van der Waals surface area contributed by atoms with E-state index in [1.165, 1.54) is 11.0 Å². The minimum atomic E-state index is -0.568. The number of carbonyl (C=O) groups is 2. The highest BCUT2D eigenvalue weighted by atomic mass is 127. The van der Waals surface area contributed by atoms with Gasteiger partial charge in [0.1, 0.15) is 5.57 Å². The number of anilines is 1. The number of ether oxygens (including phenoxy) is 2. The smallest absolute Gasteiger partial charge is 0.270 e. The van der Waals surface area contributed by atoms with Crippen LogP contribution in [0.1, 0.15) is 12.5 Å². The van der Waals surface area contributed by atoms with Crippen LogP contribution in [-0.4, -0.2) is 30.6 Å². The van der Waals surface area contributed by atoms with Crippen molar-refractivity contribution < 1.29 is 19.1 Å². The molecular formula is C20H16ClIN2O4S. The first-order chi connectivity index (χ1) is 13.8. The normalized spacial score (nSPS) is 15.5. The van der Waals surface area contributed by atoms with Crippen molar-refractivity contribution in [1.29, 1.82) is 0 Å². The van der Waals surface area contributed by atoms with E-state index in [0.29, 0.717) is 34.4 Å². The molecule has 2 aromatic rings. The van der Waals surface area contributed by atoms with Gasteiger partial charge in [-0.3, -0.25) is 19.8 Å². The van der Waals surface area contributed by atoms with Gasteiger partial charge in [0.05, 0.1) is 23.0 Å². The molecule has 1 aliphatic heterocycles. The van der Waals surface area contributed by atoms with Gasteiger partial charge in [-0.1, -0.05) is 17.7 Å².